The minimum absolute atomic E-state index is 0.141. The molecule has 8 heteroatoms. The lowest BCUT2D eigenvalue weighted by Gasteiger charge is -2.32. The van der Waals surface area contributed by atoms with Crippen LogP contribution in [0.15, 0.2) is 47.8 Å². The summed E-state index contributed by atoms with van der Waals surface area (Å²) < 4.78 is 5.86. The number of nitrogens with one attached hydrogen (secondary N) is 3. The number of nitrogens with zero attached hydrogens (tertiary/aromatic N) is 1. The second-order valence-electron chi connectivity index (χ2n) is 9.96. The van der Waals surface area contributed by atoms with E-state index in [0.29, 0.717) is 18.2 Å². The van der Waals surface area contributed by atoms with Gasteiger partial charge in [0.1, 0.15) is 23.1 Å². The molecule has 1 fully saturated rings. The summed E-state index contributed by atoms with van der Waals surface area (Å²) in [5.41, 5.74) is 4.60. The number of aromatic nitrogens is 1. The average Bonchev–Trinajstić information content (AvgIpc) is 3.36. The molecule has 1 aliphatic carbocycles. The van der Waals surface area contributed by atoms with Gasteiger partial charge in [-0.1, -0.05) is 51.0 Å². The van der Waals surface area contributed by atoms with E-state index in [0.717, 1.165) is 53.3 Å². The van der Waals surface area contributed by atoms with Crippen molar-refractivity contribution in [1.82, 2.24) is 15.6 Å². The lowest BCUT2D eigenvalue weighted by Crippen LogP contribution is -2.54. The van der Waals surface area contributed by atoms with Crippen molar-refractivity contribution in [3.05, 3.63) is 75.2 Å². The molecular formula is C29H36N4O3S. The van der Waals surface area contributed by atoms with Gasteiger partial charge in [0.05, 0.1) is 6.04 Å². The van der Waals surface area contributed by atoms with Gasteiger partial charge < -0.3 is 20.7 Å². The molecule has 1 heterocycles. The number of aryl methyl sites for hydroxylation is 1. The van der Waals surface area contributed by atoms with Crippen LogP contribution in [0.1, 0.15) is 77.6 Å². The summed E-state index contributed by atoms with van der Waals surface area (Å²) in [6.07, 6.45) is 3.65. The molecule has 0 aliphatic heterocycles. The van der Waals surface area contributed by atoms with E-state index >= 15 is 0 Å². The number of thiazole rings is 1. The first-order valence-electron chi connectivity index (χ1n) is 12.9. The van der Waals surface area contributed by atoms with Crippen molar-refractivity contribution in [1.29, 1.82) is 0 Å². The maximum Gasteiger partial charge on any atom is 0.319 e. The summed E-state index contributed by atoms with van der Waals surface area (Å²) in [6, 6.07) is 13.4. The number of benzene rings is 2. The molecule has 2 atom stereocenters. The number of hydrogen-bond acceptors (Lipinski definition) is 5. The van der Waals surface area contributed by atoms with Gasteiger partial charge in [-0.15, -0.1) is 11.3 Å². The molecule has 2 aromatic carbocycles. The molecule has 3 N–H and O–H groups in total. The highest BCUT2D eigenvalue weighted by Gasteiger charge is 2.29. The van der Waals surface area contributed by atoms with Gasteiger partial charge >= 0.3 is 6.03 Å². The highest BCUT2D eigenvalue weighted by Crippen LogP contribution is 2.23. The Morgan fingerprint density at radius 3 is 2.43 bits per heavy atom. The van der Waals surface area contributed by atoms with E-state index in [9.17, 15) is 9.59 Å². The fourth-order valence-corrected chi connectivity index (χ4v) is 5.19. The molecule has 1 aromatic heterocycles. The summed E-state index contributed by atoms with van der Waals surface area (Å²) in [7, 11) is 0. The Morgan fingerprint density at radius 2 is 1.73 bits per heavy atom. The van der Waals surface area contributed by atoms with Crippen molar-refractivity contribution in [2.45, 2.75) is 78.0 Å². The highest BCUT2D eigenvalue weighted by molar-refractivity contribution is 7.09. The van der Waals surface area contributed by atoms with Crippen LogP contribution in [0.3, 0.4) is 0 Å². The molecule has 0 saturated heterocycles. The van der Waals surface area contributed by atoms with Crippen LogP contribution in [0, 0.1) is 13.8 Å². The van der Waals surface area contributed by atoms with Gasteiger partial charge in [0.15, 0.2) is 0 Å². The minimum Gasteiger partial charge on any atom is -0.486 e. The first-order valence-corrected chi connectivity index (χ1v) is 13.8. The zero-order chi connectivity index (χ0) is 26.4. The molecule has 196 valence electrons. The van der Waals surface area contributed by atoms with E-state index < -0.39 is 0 Å². The zero-order valence-electron chi connectivity index (χ0n) is 22.0. The average molecular weight is 521 g/mol. The quantitative estimate of drug-likeness (QED) is 0.324. The lowest BCUT2D eigenvalue weighted by atomic mass is 9.90. The van der Waals surface area contributed by atoms with Crippen LogP contribution in [0.25, 0.3) is 0 Å². The fourth-order valence-electron chi connectivity index (χ4n) is 4.51. The van der Waals surface area contributed by atoms with E-state index in [2.05, 4.69) is 46.9 Å². The molecule has 37 heavy (non-hydrogen) atoms. The number of anilines is 1. The van der Waals surface area contributed by atoms with Gasteiger partial charge in [-0.3, -0.25) is 4.79 Å². The summed E-state index contributed by atoms with van der Waals surface area (Å²) >= 11 is 1.41. The normalized spacial score (nSPS) is 17.3. The third-order valence-corrected chi connectivity index (χ3v) is 7.77. The molecular weight excluding hydrogens is 484 g/mol. The lowest BCUT2D eigenvalue weighted by molar-refractivity contribution is 0.0911. The van der Waals surface area contributed by atoms with E-state index in [4.69, 9.17) is 4.74 Å². The van der Waals surface area contributed by atoms with Crippen molar-refractivity contribution in [2.24, 2.45) is 0 Å². The van der Waals surface area contributed by atoms with E-state index in [-0.39, 0.29) is 24.0 Å². The number of carbonyl (C=O) groups excluding carboxylic acids is 2. The number of urea groups is 1. The monoisotopic (exact) mass is 520 g/mol. The van der Waals surface area contributed by atoms with Crippen molar-refractivity contribution in [3.63, 3.8) is 0 Å². The van der Waals surface area contributed by atoms with Gasteiger partial charge in [0.25, 0.3) is 5.91 Å². The predicted molar refractivity (Wildman–Crippen MR) is 149 cm³/mol. The molecule has 0 radical (unpaired) electrons. The first-order chi connectivity index (χ1) is 17.8. The van der Waals surface area contributed by atoms with Gasteiger partial charge in [-0.25, -0.2) is 9.78 Å². The molecule has 3 amide bonds. The van der Waals surface area contributed by atoms with E-state index in [1.54, 1.807) is 5.38 Å². The molecule has 0 unspecified atom stereocenters. The third kappa shape index (κ3) is 7.10. The van der Waals surface area contributed by atoms with E-state index in [1.807, 2.05) is 44.2 Å². The first kappa shape index (κ1) is 26.7. The van der Waals surface area contributed by atoms with Crippen LogP contribution < -0.4 is 20.7 Å². The van der Waals surface area contributed by atoms with E-state index in [1.165, 1.54) is 16.9 Å². The SMILES string of the molecule is Cc1cccc(NC(=O)N[C@H]2CCCC[C@@H]2NC(=O)c2csc(COc3ccc(C(C)C)cc3)n2)c1C. The predicted octanol–water partition coefficient (Wildman–Crippen LogP) is 6.33. The number of carbonyl (C=O) groups is 2. The van der Waals surface area contributed by atoms with Crippen LogP contribution in [0.5, 0.6) is 5.75 Å². The summed E-state index contributed by atoms with van der Waals surface area (Å²) in [5, 5.41) is 11.6. The second-order valence-corrected chi connectivity index (χ2v) is 10.9. The molecule has 0 bridgehead atoms. The molecule has 1 aliphatic rings. The maximum atomic E-state index is 13.0. The Labute approximate surface area is 223 Å². The Kier molecular flexibility index (Phi) is 8.82. The number of hydrogen-bond donors (Lipinski definition) is 3. The Bertz CT molecular complexity index is 1220. The molecule has 0 spiro atoms. The van der Waals surface area contributed by atoms with Crippen molar-refractivity contribution in [2.75, 3.05) is 5.32 Å². The highest BCUT2D eigenvalue weighted by atomic mass is 32.1. The smallest absolute Gasteiger partial charge is 0.319 e. The van der Waals surface area contributed by atoms with Crippen LogP contribution in [0.2, 0.25) is 0 Å². The number of rotatable bonds is 8. The number of ether oxygens (including phenoxy) is 1. The molecule has 7 nitrogen and oxygen atoms in total. The number of amides is 3. The second kappa shape index (κ2) is 12.2. The van der Waals surface area contributed by atoms with Gasteiger partial charge in [0.2, 0.25) is 0 Å². The van der Waals surface area contributed by atoms with Gasteiger partial charge in [0, 0.05) is 17.1 Å². The van der Waals surface area contributed by atoms with Crippen LogP contribution in [0.4, 0.5) is 10.5 Å². The maximum absolute atomic E-state index is 13.0. The van der Waals surface area contributed by atoms with Crippen LogP contribution >= 0.6 is 11.3 Å². The van der Waals surface area contributed by atoms with Crippen molar-refractivity contribution in [3.8, 4) is 5.75 Å². The summed E-state index contributed by atoms with van der Waals surface area (Å²) in [4.78, 5) is 30.2. The Hall–Kier alpha value is -3.39. The Balaban J connectivity index is 1.31. The Morgan fingerprint density at radius 1 is 1.03 bits per heavy atom. The van der Waals surface area contributed by atoms with Crippen molar-refractivity contribution < 1.29 is 14.3 Å². The van der Waals surface area contributed by atoms with Gasteiger partial charge in [-0.05, 0) is 67.5 Å². The molecule has 3 aromatic rings. The summed E-state index contributed by atoms with van der Waals surface area (Å²) in [5.74, 6) is 1.03. The third-order valence-electron chi connectivity index (χ3n) is 6.95. The van der Waals surface area contributed by atoms with Crippen molar-refractivity contribution >= 4 is 29.0 Å². The largest absolute Gasteiger partial charge is 0.486 e. The standard InChI is InChI=1S/C29H36N4O3S/c1-18(2)21-12-14-22(15-13-21)36-16-27-30-26(17-37-27)28(34)31-24-9-5-6-10-25(24)33-29(35)32-23-11-7-8-19(3)20(23)4/h7-8,11-15,17-18,24-25H,5-6,9-10,16H2,1-4H3,(H,31,34)(H2,32,33,35)/t24-,25-/m0/s1. The zero-order valence-corrected chi connectivity index (χ0v) is 22.8. The summed E-state index contributed by atoms with van der Waals surface area (Å²) in [6.45, 7) is 8.63. The molecule has 1 saturated carbocycles. The van der Waals surface area contributed by atoms with Crippen LogP contribution in [-0.2, 0) is 6.61 Å². The minimum atomic E-state index is -0.255. The van der Waals surface area contributed by atoms with Gasteiger partial charge in [-0.2, -0.15) is 0 Å². The topological polar surface area (TPSA) is 92.4 Å². The van der Waals surface area contributed by atoms with Crippen LogP contribution in [-0.4, -0.2) is 29.0 Å². The fraction of sp³-hybridized carbons (Fsp3) is 0.414. The molecule has 4 rings (SSSR count).